The average Bonchev–Trinajstić information content (AvgIpc) is 2.56. The van der Waals surface area contributed by atoms with Crippen molar-refractivity contribution in [3.63, 3.8) is 0 Å². The lowest BCUT2D eigenvalue weighted by molar-refractivity contribution is 0.213. The molecular weight excluding hydrogens is 316 g/mol. The summed E-state index contributed by atoms with van der Waals surface area (Å²) in [5.41, 5.74) is 1.21. The average molecular weight is 329 g/mol. The van der Waals surface area contributed by atoms with Gasteiger partial charge in [-0.2, -0.15) is 0 Å². The first kappa shape index (κ1) is 15.1. The number of methoxy groups -OCH3 is 1. The van der Waals surface area contributed by atoms with E-state index in [4.69, 9.17) is 21.1 Å². The first-order valence-electron chi connectivity index (χ1n) is 6.84. The fourth-order valence-electron chi connectivity index (χ4n) is 2.10. The molecule has 23 heavy (non-hydrogen) atoms. The minimum Gasteiger partial charge on any atom is -0.495 e. The van der Waals surface area contributed by atoms with Crippen LogP contribution in [-0.4, -0.2) is 18.2 Å². The van der Waals surface area contributed by atoms with E-state index >= 15 is 0 Å². The summed E-state index contributed by atoms with van der Waals surface area (Å²) < 4.78 is 10.4. The minimum absolute atomic E-state index is 0.217. The molecule has 0 bridgehead atoms. The van der Waals surface area contributed by atoms with Gasteiger partial charge in [0.25, 0.3) is 0 Å². The fourth-order valence-corrected chi connectivity index (χ4v) is 2.27. The monoisotopic (exact) mass is 328 g/mol. The number of nitrogens with zero attached hydrogens (tertiary/aromatic N) is 1. The van der Waals surface area contributed by atoms with Gasteiger partial charge in [-0.25, -0.2) is 9.78 Å². The summed E-state index contributed by atoms with van der Waals surface area (Å²) in [4.78, 5) is 16.3. The Morgan fingerprint density at radius 1 is 1.13 bits per heavy atom. The van der Waals surface area contributed by atoms with E-state index in [9.17, 15) is 4.79 Å². The highest BCUT2D eigenvalue weighted by Crippen LogP contribution is 2.28. The Kier molecular flexibility index (Phi) is 4.30. The molecule has 5 nitrogen and oxygen atoms in total. The van der Waals surface area contributed by atoms with Crippen molar-refractivity contribution in [2.45, 2.75) is 0 Å². The van der Waals surface area contributed by atoms with Gasteiger partial charge in [0.15, 0.2) is 0 Å². The second-order valence-corrected chi connectivity index (χ2v) is 5.14. The van der Waals surface area contributed by atoms with E-state index in [1.807, 2.05) is 30.3 Å². The molecule has 0 spiro atoms. The normalized spacial score (nSPS) is 10.3. The molecule has 0 radical (unpaired) electrons. The van der Waals surface area contributed by atoms with Crippen LogP contribution in [0.3, 0.4) is 0 Å². The fraction of sp³-hybridized carbons (Fsp3) is 0.0588. The maximum Gasteiger partial charge on any atom is 0.418 e. The molecule has 0 saturated heterocycles. The molecule has 6 heteroatoms. The Balaban J connectivity index is 1.76. The van der Waals surface area contributed by atoms with E-state index in [1.54, 1.807) is 24.3 Å². The summed E-state index contributed by atoms with van der Waals surface area (Å²) in [6, 6.07) is 15.9. The first-order chi connectivity index (χ1) is 11.2. The summed E-state index contributed by atoms with van der Waals surface area (Å²) in [6.07, 6.45) is -0.659. The third-order valence-corrected chi connectivity index (χ3v) is 3.41. The van der Waals surface area contributed by atoms with E-state index < -0.39 is 6.09 Å². The van der Waals surface area contributed by atoms with Crippen LogP contribution >= 0.6 is 11.6 Å². The zero-order valence-corrected chi connectivity index (χ0v) is 13.0. The largest absolute Gasteiger partial charge is 0.495 e. The number of ether oxygens (including phenoxy) is 2. The summed E-state index contributed by atoms with van der Waals surface area (Å²) in [5.74, 6) is 0.662. The van der Waals surface area contributed by atoms with E-state index in [0.29, 0.717) is 16.5 Å². The molecule has 1 amide bonds. The number of anilines is 1. The number of carbonyl (C=O) groups excluding carboxylic acids is 1. The van der Waals surface area contributed by atoms with Gasteiger partial charge in [-0.1, -0.05) is 29.8 Å². The molecule has 0 saturated carbocycles. The Morgan fingerprint density at radius 3 is 2.78 bits per heavy atom. The summed E-state index contributed by atoms with van der Waals surface area (Å²) in [6.45, 7) is 0. The van der Waals surface area contributed by atoms with Crippen LogP contribution in [0.25, 0.3) is 10.9 Å². The number of nitrogens with one attached hydrogen (secondary N) is 1. The predicted octanol–water partition coefficient (Wildman–Crippen LogP) is 4.51. The van der Waals surface area contributed by atoms with Crippen molar-refractivity contribution in [3.05, 3.63) is 59.6 Å². The van der Waals surface area contributed by atoms with Crippen molar-refractivity contribution in [1.82, 2.24) is 4.98 Å². The zero-order valence-electron chi connectivity index (χ0n) is 12.2. The molecule has 0 atom stereocenters. The standard InChI is InChI=1S/C17H13ClN2O3/c1-22-15-10-12(18)7-8-14(15)20-17(21)23-16-9-6-11-4-2-3-5-13(11)19-16/h2-10H,1H3,(H,20,21). The van der Waals surface area contributed by atoms with Gasteiger partial charge in [-0.15, -0.1) is 0 Å². The van der Waals surface area contributed by atoms with Crippen LogP contribution < -0.4 is 14.8 Å². The molecule has 2 aromatic carbocycles. The SMILES string of the molecule is COc1cc(Cl)ccc1NC(=O)Oc1ccc2ccccc2n1. The Morgan fingerprint density at radius 2 is 1.96 bits per heavy atom. The molecule has 0 aliphatic heterocycles. The van der Waals surface area contributed by atoms with Gasteiger partial charge < -0.3 is 9.47 Å². The molecule has 1 aromatic heterocycles. The quantitative estimate of drug-likeness (QED) is 0.768. The first-order valence-corrected chi connectivity index (χ1v) is 7.21. The van der Waals surface area contributed by atoms with Crippen LogP contribution in [0.4, 0.5) is 10.5 Å². The molecule has 3 rings (SSSR count). The van der Waals surface area contributed by atoms with Crippen LogP contribution in [0, 0.1) is 0 Å². The number of rotatable bonds is 3. The number of halogens is 1. The number of amides is 1. The van der Waals surface area contributed by atoms with Crippen molar-refractivity contribution < 1.29 is 14.3 Å². The van der Waals surface area contributed by atoms with Gasteiger partial charge in [0.1, 0.15) is 5.75 Å². The number of hydrogen-bond acceptors (Lipinski definition) is 4. The lowest BCUT2D eigenvalue weighted by Gasteiger charge is -2.10. The Hall–Kier alpha value is -2.79. The highest BCUT2D eigenvalue weighted by molar-refractivity contribution is 6.30. The summed E-state index contributed by atoms with van der Waals surface area (Å²) in [7, 11) is 1.49. The molecule has 1 N–H and O–H groups in total. The second-order valence-electron chi connectivity index (χ2n) is 4.70. The van der Waals surface area contributed by atoms with Crippen molar-refractivity contribution in [1.29, 1.82) is 0 Å². The van der Waals surface area contributed by atoms with E-state index in [1.165, 1.54) is 7.11 Å². The van der Waals surface area contributed by atoms with Crippen molar-refractivity contribution in [3.8, 4) is 11.6 Å². The van der Waals surface area contributed by atoms with Crippen LogP contribution in [0.2, 0.25) is 5.02 Å². The van der Waals surface area contributed by atoms with Gasteiger partial charge in [-0.3, -0.25) is 5.32 Å². The number of pyridine rings is 1. The molecule has 3 aromatic rings. The molecule has 0 unspecified atom stereocenters. The number of benzene rings is 2. The third-order valence-electron chi connectivity index (χ3n) is 3.17. The maximum atomic E-state index is 12.0. The van der Waals surface area contributed by atoms with Gasteiger partial charge in [-0.05, 0) is 24.3 Å². The molecule has 1 heterocycles. The second kappa shape index (κ2) is 6.54. The highest BCUT2D eigenvalue weighted by Gasteiger charge is 2.11. The highest BCUT2D eigenvalue weighted by atomic mass is 35.5. The molecule has 0 aliphatic rings. The molecule has 0 fully saturated rings. The summed E-state index contributed by atoms with van der Waals surface area (Å²) >= 11 is 5.88. The smallest absolute Gasteiger partial charge is 0.418 e. The van der Waals surface area contributed by atoms with E-state index in [-0.39, 0.29) is 5.88 Å². The molecular formula is C17H13ClN2O3. The van der Waals surface area contributed by atoms with E-state index in [2.05, 4.69) is 10.3 Å². The van der Waals surface area contributed by atoms with Crippen molar-refractivity contribution in [2.75, 3.05) is 12.4 Å². The number of hydrogen-bond donors (Lipinski definition) is 1. The van der Waals surface area contributed by atoms with Gasteiger partial charge in [0, 0.05) is 22.5 Å². The maximum absolute atomic E-state index is 12.0. The van der Waals surface area contributed by atoms with Crippen LogP contribution in [0.15, 0.2) is 54.6 Å². The number of carbonyl (C=O) groups is 1. The topological polar surface area (TPSA) is 60.5 Å². The lowest BCUT2D eigenvalue weighted by atomic mass is 10.2. The third kappa shape index (κ3) is 3.52. The van der Waals surface area contributed by atoms with Gasteiger partial charge in [0.05, 0.1) is 18.3 Å². The van der Waals surface area contributed by atoms with E-state index in [0.717, 1.165) is 10.9 Å². The number of aromatic nitrogens is 1. The Labute approximate surface area is 137 Å². The van der Waals surface area contributed by atoms with Crippen LogP contribution in [-0.2, 0) is 0 Å². The van der Waals surface area contributed by atoms with Crippen LogP contribution in [0.1, 0.15) is 0 Å². The number of fused-ring (bicyclic) bond motifs is 1. The summed E-state index contributed by atoms with van der Waals surface area (Å²) in [5, 5.41) is 4.08. The van der Waals surface area contributed by atoms with Gasteiger partial charge in [0.2, 0.25) is 5.88 Å². The van der Waals surface area contributed by atoms with Crippen molar-refractivity contribution >= 4 is 34.3 Å². The predicted molar refractivity (Wildman–Crippen MR) is 89.4 cm³/mol. The lowest BCUT2D eigenvalue weighted by Crippen LogP contribution is -2.17. The minimum atomic E-state index is -0.659. The molecule has 0 aliphatic carbocycles. The zero-order chi connectivity index (χ0) is 16.2. The Bertz CT molecular complexity index is 867. The molecule has 116 valence electrons. The number of para-hydroxylation sites is 1. The van der Waals surface area contributed by atoms with Crippen LogP contribution in [0.5, 0.6) is 11.6 Å². The van der Waals surface area contributed by atoms with Crippen molar-refractivity contribution in [2.24, 2.45) is 0 Å². The van der Waals surface area contributed by atoms with Gasteiger partial charge >= 0.3 is 6.09 Å².